The molecule has 0 saturated heterocycles. The zero-order chi connectivity index (χ0) is 20.2. The number of nitrogens with one attached hydrogen (secondary N) is 1. The highest BCUT2D eigenvalue weighted by molar-refractivity contribution is 6.05. The van der Waals surface area contributed by atoms with Crippen molar-refractivity contribution >= 4 is 11.6 Å². The zero-order valence-corrected chi connectivity index (χ0v) is 14.7. The van der Waals surface area contributed by atoms with E-state index in [1.165, 1.54) is 33.3 Å². The van der Waals surface area contributed by atoms with E-state index in [1.54, 1.807) is 0 Å². The van der Waals surface area contributed by atoms with Gasteiger partial charge in [0.1, 0.15) is 17.2 Å². The summed E-state index contributed by atoms with van der Waals surface area (Å²) in [7, 11) is 2.82. The first-order valence-corrected chi connectivity index (χ1v) is 7.64. The van der Waals surface area contributed by atoms with Crippen molar-refractivity contribution in [3.8, 4) is 17.2 Å². The number of carbonyl (C=O) groups excluding carboxylic acids is 1. The number of phenols is 1. The highest BCUT2D eigenvalue weighted by atomic mass is 19.4. The number of hydrazone groups is 1. The number of phenolic OH excluding ortho intramolecular Hbond substituents is 1. The number of hydrogen-bond acceptors (Lipinski definition) is 5. The molecule has 0 atom stereocenters. The molecule has 27 heavy (non-hydrogen) atoms. The molecule has 1 amide bonds. The summed E-state index contributed by atoms with van der Waals surface area (Å²) in [4.78, 5) is 12.1. The third kappa shape index (κ3) is 4.69. The van der Waals surface area contributed by atoms with Gasteiger partial charge in [-0.15, -0.1) is 0 Å². The second-order valence-electron chi connectivity index (χ2n) is 5.44. The third-order valence-corrected chi connectivity index (χ3v) is 3.67. The van der Waals surface area contributed by atoms with Gasteiger partial charge in [-0.25, -0.2) is 5.43 Å². The monoisotopic (exact) mass is 382 g/mol. The largest absolute Gasteiger partial charge is 0.507 e. The summed E-state index contributed by atoms with van der Waals surface area (Å²) >= 11 is 0. The van der Waals surface area contributed by atoms with Crippen molar-refractivity contribution in [3.63, 3.8) is 0 Å². The summed E-state index contributed by atoms with van der Waals surface area (Å²) in [6, 6.07) is 6.61. The summed E-state index contributed by atoms with van der Waals surface area (Å²) in [5.41, 5.74) is 1.85. The van der Waals surface area contributed by atoms with E-state index >= 15 is 0 Å². The molecule has 144 valence electrons. The second-order valence-corrected chi connectivity index (χ2v) is 5.44. The lowest BCUT2D eigenvalue weighted by Gasteiger charge is -2.12. The van der Waals surface area contributed by atoms with Crippen LogP contribution in [0.4, 0.5) is 13.2 Å². The molecule has 9 heteroatoms. The SMILES string of the molecule is COc1cc(O)c(/C(C)=N/NC(=O)c2ccc(C(F)(F)F)cc2)c(OC)c1. The van der Waals surface area contributed by atoms with Gasteiger partial charge in [0.2, 0.25) is 0 Å². The molecule has 0 aliphatic rings. The molecule has 2 rings (SSSR count). The highest BCUT2D eigenvalue weighted by Crippen LogP contribution is 2.33. The summed E-state index contributed by atoms with van der Waals surface area (Å²) in [5.74, 6) is -0.224. The lowest BCUT2D eigenvalue weighted by Crippen LogP contribution is -2.19. The van der Waals surface area contributed by atoms with Crippen LogP contribution < -0.4 is 14.9 Å². The standard InChI is InChI=1S/C18H17F3N2O4/c1-10(16-14(24)8-13(26-2)9-15(16)27-3)22-23-17(25)11-4-6-12(7-5-11)18(19,20)21/h4-9,24H,1-3H3,(H,23,25)/b22-10+. The Morgan fingerprint density at radius 1 is 1.11 bits per heavy atom. The maximum absolute atomic E-state index is 12.6. The van der Waals surface area contributed by atoms with Gasteiger partial charge < -0.3 is 14.6 Å². The fourth-order valence-electron chi connectivity index (χ4n) is 2.28. The third-order valence-electron chi connectivity index (χ3n) is 3.67. The van der Waals surface area contributed by atoms with Gasteiger partial charge in [-0.2, -0.15) is 18.3 Å². The number of halogens is 3. The maximum Gasteiger partial charge on any atom is 0.416 e. The second kappa shape index (κ2) is 7.98. The molecular weight excluding hydrogens is 365 g/mol. The minimum atomic E-state index is -4.48. The highest BCUT2D eigenvalue weighted by Gasteiger charge is 2.30. The number of ether oxygens (including phenoxy) is 2. The number of benzene rings is 2. The van der Waals surface area contributed by atoms with Crippen molar-refractivity contribution in [2.24, 2.45) is 5.10 Å². The maximum atomic E-state index is 12.6. The average Bonchev–Trinajstić information content (AvgIpc) is 2.64. The van der Waals surface area contributed by atoms with Crippen LogP contribution in [0.1, 0.15) is 28.4 Å². The number of alkyl halides is 3. The minimum Gasteiger partial charge on any atom is -0.507 e. The summed E-state index contributed by atoms with van der Waals surface area (Å²) < 4.78 is 47.9. The van der Waals surface area contributed by atoms with Gasteiger partial charge in [0.25, 0.3) is 5.91 Å². The van der Waals surface area contributed by atoms with E-state index in [2.05, 4.69) is 10.5 Å². The molecule has 0 heterocycles. The van der Waals surface area contributed by atoms with Gasteiger partial charge in [0.15, 0.2) is 0 Å². The van der Waals surface area contributed by atoms with Gasteiger partial charge in [0.05, 0.1) is 31.1 Å². The zero-order valence-electron chi connectivity index (χ0n) is 14.7. The number of amides is 1. The van der Waals surface area contributed by atoms with Crippen LogP contribution in [0.3, 0.4) is 0 Å². The quantitative estimate of drug-likeness (QED) is 0.612. The Morgan fingerprint density at radius 3 is 2.26 bits per heavy atom. The number of rotatable bonds is 5. The summed E-state index contributed by atoms with van der Waals surface area (Å²) in [6.45, 7) is 1.52. The molecule has 0 spiro atoms. The van der Waals surface area contributed by atoms with Gasteiger partial charge in [-0.05, 0) is 31.2 Å². The molecule has 0 bridgehead atoms. The lowest BCUT2D eigenvalue weighted by molar-refractivity contribution is -0.137. The molecule has 6 nitrogen and oxygen atoms in total. The summed E-state index contributed by atoms with van der Waals surface area (Å²) in [5, 5.41) is 14.0. The number of aromatic hydroxyl groups is 1. The van der Waals surface area contributed by atoms with E-state index in [0.717, 1.165) is 24.3 Å². The van der Waals surface area contributed by atoms with Gasteiger partial charge in [-0.1, -0.05) is 0 Å². The van der Waals surface area contributed by atoms with E-state index in [4.69, 9.17) is 9.47 Å². The average molecular weight is 382 g/mol. The van der Waals surface area contributed by atoms with Crippen molar-refractivity contribution < 1.29 is 32.5 Å². The van der Waals surface area contributed by atoms with Crippen LogP contribution in [0.15, 0.2) is 41.5 Å². The van der Waals surface area contributed by atoms with Crippen molar-refractivity contribution in [2.75, 3.05) is 14.2 Å². The molecule has 0 unspecified atom stereocenters. The number of nitrogens with zero attached hydrogens (tertiary/aromatic N) is 1. The van der Waals surface area contributed by atoms with Gasteiger partial charge in [-0.3, -0.25) is 4.79 Å². The predicted molar refractivity (Wildman–Crippen MR) is 92.3 cm³/mol. The Morgan fingerprint density at radius 2 is 1.74 bits per heavy atom. The van der Waals surface area contributed by atoms with Crippen LogP contribution >= 0.6 is 0 Å². The predicted octanol–water partition coefficient (Wildman–Crippen LogP) is 3.58. The van der Waals surface area contributed by atoms with Crippen LogP contribution in [0.5, 0.6) is 17.2 Å². The normalized spacial score (nSPS) is 11.9. The van der Waals surface area contributed by atoms with E-state index < -0.39 is 17.6 Å². The fourth-order valence-corrected chi connectivity index (χ4v) is 2.28. The van der Waals surface area contributed by atoms with Crippen LogP contribution in [-0.4, -0.2) is 30.9 Å². The van der Waals surface area contributed by atoms with Crippen LogP contribution in [0, 0.1) is 0 Å². The van der Waals surface area contributed by atoms with E-state index in [9.17, 15) is 23.1 Å². The van der Waals surface area contributed by atoms with Crippen LogP contribution in [-0.2, 0) is 6.18 Å². The van der Waals surface area contributed by atoms with Gasteiger partial charge in [0, 0.05) is 17.7 Å². The molecule has 0 aromatic heterocycles. The first-order chi connectivity index (χ1) is 12.7. The molecule has 0 fully saturated rings. The topological polar surface area (TPSA) is 80.2 Å². The Kier molecular flexibility index (Phi) is 5.94. The molecule has 0 aliphatic carbocycles. The van der Waals surface area contributed by atoms with E-state index in [-0.39, 0.29) is 28.3 Å². The van der Waals surface area contributed by atoms with E-state index in [0.29, 0.717) is 5.75 Å². The Hall–Kier alpha value is -3.23. The van der Waals surface area contributed by atoms with E-state index in [1.807, 2.05) is 0 Å². The molecule has 0 aliphatic heterocycles. The van der Waals surface area contributed by atoms with Crippen molar-refractivity contribution in [2.45, 2.75) is 13.1 Å². The molecule has 0 saturated carbocycles. The Labute approximate surface area is 153 Å². The first kappa shape index (κ1) is 20.1. The number of carbonyl (C=O) groups is 1. The lowest BCUT2D eigenvalue weighted by atomic mass is 10.1. The fraction of sp³-hybridized carbons (Fsp3) is 0.222. The van der Waals surface area contributed by atoms with Gasteiger partial charge >= 0.3 is 6.18 Å². The molecular formula is C18H17F3N2O4. The molecule has 2 aromatic rings. The number of hydrogen-bond donors (Lipinski definition) is 2. The number of methoxy groups -OCH3 is 2. The smallest absolute Gasteiger partial charge is 0.416 e. The first-order valence-electron chi connectivity index (χ1n) is 7.64. The molecule has 0 radical (unpaired) electrons. The minimum absolute atomic E-state index is 0.00506. The molecule has 2 aromatic carbocycles. The van der Waals surface area contributed by atoms with Crippen LogP contribution in [0.25, 0.3) is 0 Å². The van der Waals surface area contributed by atoms with Crippen molar-refractivity contribution in [1.29, 1.82) is 0 Å². The summed E-state index contributed by atoms with van der Waals surface area (Å²) in [6.07, 6.45) is -4.48. The molecule has 2 N–H and O–H groups in total. The van der Waals surface area contributed by atoms with Crippen molar-refractivity contribution in [3.05, 3.63) is 53.1 Å². The Bertz CT molecular complexity index is 862. The van der Waals surface area contributed by atoms with Crippen LogP contribution in [0.2, 0.25) is 0 Å². The Balaban J connectivity index is 2.21. The van der Waals surface area contributed by atoms with Crippen molar-refractivity contribution in [1.82, 2.24) is 5.43 Å².